The summed E-state index contributed by atoms with van der Waals surface area (Å²) in [6.45, 7) is 1.94. The molecule has 2 aliphatic rings. The SMILES string of the molecule is N[C@@H]1C[C@H](N)CN(c2nc(Nc3ccc(NC(=O)C(=O)c4c[nH]c5ccccc45)c(O)c3)nc(N3C[C@H](N)C[C@H](N)C3)n2)C1.Nc1ccc(NC(=O)C(=O)c2c[nH]c3ccccc23)c(O)c1.Nc1ccc([N+](=O)[O-])cc1O.O=C(Cl)C(=O)c1c[nH]c2ccccc12.O=C(Nc1ccc([N+](=O)[O-])cc1O)C(=O)c1c[nH]c2ccccc12.O=CO[O-].[Na+]. The van der Waals surface area contributed by atoms with Crippen LogP contribution in [0, 0.1) is 20.2 Å². The second-order valence-electron chi connectivity index (χ2n) is 26.3. The van der Waals surface area contributed by atoms with Crippen molar-refractivity contribution in [1.82, 2.24) is 34.9 Å². The fourth-order valence-corrected chi connectivity index (χ4v) is 12.4. The van der Waals surface area contributed by atoms with E-state index in [1.165, 1.54) is 67.3 Å². The number of H-pyrrole nitrogens is 4. The monoisotopic (exact) mass is 1670 g/mol. The standard InChI is InChI=1S/C29H36N12O3.C16H11N3O5.C16H13N3O3.C10H6ClNO2.C6H6N2O3.CH2O3.Na/c30-15-7-16(31)12-40(11-15)28-37-27(38-29(39-28)41-13-17(32)8-18(33)14-41)35-19-5-6-23(24(42)9-19)36-26(44)25(43)21-10-34-22-4-2-1-3-20(21)22;20-14-7-9(19(23)24)5-6-13(14)18-16(22)15(21)11-8-17-12-4-2-1-3-10(11)12;17-9-5-6-13(14(20)7-9)19-16(22)15(21)11-8-18-12-4-2-1-3-10(11)12;11-10(14)9(13)7-5-12-8-4-2-1-3-6(7)8;7-5-2-1-4(8(10)11)3-6(5)9;2-1-4-3;/h1-6,9-10,15-18,34,42H,7-8,11-14,30-33H2,(H,36,44)(H,35,37,38,39);1-8,17,20H,(H,18,22);1-8,18,20H,17H2,(H,19,22);1-5,12H;1-3,9H,7H2;1,3H;/q;;;;;;+1/p-1/t15-,16+,17-,18+;;;;;;. The zero-order valence-corrected chi connectivity index (χ0v) is 65.7. The van der Waals surface area contributed by atoms with Crippen LogP contribution in [0.15, 0.2) is 195 Å². The van der Waals surface area contributed by atoms with Crippen LogP contribution < -0.4 is 100 Å². The van der Waals surface area contributed by atoms with Crippen molar-refractivity contribution in [3.63, 3.8) is 0 Å². The van der Waals surface area contributed by atoms with E-state index in [1.54, 1.807) is 66.7 Å². The number of nitrogens with zero attached hydrogens (tertiary/aromatic N) is 7. The molecule has 120 heavy (non-hydrogen) atoms. The fourth-order valence-electron chi connectivity index (χ4n) is 12.3. The molecule has 3 amide bonds. The molecule has 2 aliphatic heterocycles. The molecule has 0 unspecified atom stereocenters. The topological polar surface area (TPSA) is 666 Å². The summed E-state index contributed by atoms with van der Waals surface area (Å²) in [5.41, 5.74) is 40.3. The van der Waals surface area contributed by atoms with Crippen LogP contribution >= 0.6 is 11.6 Å². The molecular formula is C78H73ClN21NaO19. The Morgan fingerprint density at radius 3 is 1.12 bits per heavy atom. The second kappa shape index (κ2) is 40.7. The number of aromatic amines is 4. The van der Waals surface area contributed by atoms with Crippen molar-refractivity contribution in [3.8, 4) is 23.0 Å². The Kier molecular flexibility index (Phi) is 30.2. The number of anilines is 9. The number of fused-ring (bicyclic) bond motifs is 4. The average molecular weight is 1670 g/mol. The number of carbonyl (C=O) groups excluding carboxylic acids is 9. The molecule has 8 aromatic carbocycles. The second-order valence-corrected chi connectivity index (χ2v) is 26.7. The predicted octanol–water partition coefficient (Wildman–Crippen LogP) is 3.67. The van der Waals surface area contributed by atoms with Crippen LogP contribution in [0.2, 0.25) is 0 Å². The summed E-state index contributed by atoms with van der Waals surface area (Å²) in [5, 5.41) is 80.2. The summed E-state index contributed by atoms with van der Waals surface area (Å²) in [6.07, 6.45) is 7.31. The fraction of sp³-hybridized carbons (Fsp3) is 0.128. The minimum Gasteiger partial charge on any atom is -0.662 e. The predicted molar refractivity (Wildman–Crippen MR) is 438 cm³/mol. The van der Waals surface area contributed by atoms with Crippen molar-refractivity contribution < 1.29 is 113 Å². The van der Waals surface area contributed by atoms with Gasteiger partial charge in [-0.25, -0.2) is 0 Å². The van der Waals surface area contributed by atoms with Gasteiger partial charge < -0.3 is 116 Å². The minimum absolute atomic E-state index is 0. The number of nitro groups is 2. The molecule has 24 N–H and O–H groups in total. The number of nitro benzene ring substituents is 2. The van der Waals surface area contributed by atoms with Crippen molar-refractivity contribution in [1.29, 1.82) is 0 Å². The molecule has 0 bridgehead atoms. The van der Waals surface area contributed by atoms with Gasteiger partial charge in [-0.3, -0.25) is 63.4 Å². The number of hydrogen-bond donors (Lipinski definition) is 18. The number of phenolic OH excluding ortho intramolecular Hbond substituents is 4. The molecule has 2 fully saturated rings. The van der Waals surface area contributed by atoms with E-state index in [1.807, 2.05) is 46.2 Å². The van der Waals surface area contributed by atoms with Gasteiger partial charge in [0.2, 0.25) is 23.6 Å². The normalized spacial score (nSPS) is 14.4. The number of halogens is 1. The van der Waals surface area contributed by atoms with Crippen LogP contribution in [0.25, 0.3) is 43.6 Å². The van der Waals surface area contributed by atoms with E-state index in [9.17, 15) is 73.9 Å². The van der Waals surface area contributed by atoms with E-state index in [2.05, 4.69) is 56.1 Å². The molecule has 0 radical (unpaired) electrons. The number of rotatable bonds is 18. The van der Waals surface area contributed by atoms with E-state index < -0.39 is 61.7 Å². The van der Waals surface area contributed by atoms with Crippen LogP contribution in [0.1, 0.15) is 54.3 Å². The maximum absolute atomic E-state index is 12.9. The molecule has 15 rings (SSSR count). The van der Waals surface area contributed by atoms with E-state index in [4.69, 9.17) is 66.1 Å². The minimum atomic E-state index is -0.963. The van der Waals surface area contributed by atoms with Crippen LogP contribution in [-0.4, -0.2) is 168 Å². The van der Waals surface area contributed by atoms with Gasteiger partial charge in [0.05, 0.1) is 67.0 Å². The molecule has 4 atom stereocenters. The van der Waals surface area contributed by atoms with E-state index in [0.717, 1.165) is 40.8 Å². The first-order valence-electron chi connectivity index (χ1n) is 35.3. The van der Waals surface area contributed by atoms with Crippen LogP contribution in [0.3, 0.4) is 0 Å². The van der Waals surface area contributed by atoms with Crippen molar-refractivity contribution in [3.05, 3.63) is 237 Å². The number of amides is 3. The molecule has 7 heterocycles. The van der Waals surface area contributed by atoms with Gasteiger partial charge >= 0.3 is 29.6 Å². The zero-order valence-electron chi connectivity index (χ0n) is 63.0. The first-order chi connectivity index (χ1) is 56.9. The third-order valence-electron chi connectivity index (χ3n) is 17.8. The van der Waals surface area contributed by atoms with Gasteiger partial charge in [-0.05, 0) is 85.1 Å². The van der Waals surface area contributed by atoms with Crippen LogP contribution in [0.4, 0.5) is 63.3 Å². The third-order valence-corrected chi connectivity index (χ3v) is 18.0. The van der Waals surface area contributed by atoms with Crippen molar-refractivity contribution in [2.45, 2.75) is 37.0 Å². The number of carbonyl (C=O) groups is 9. The summed E-state index contributed by atoms with van der Waals surface area (Å²) >= 11 is 5.12. The Morgan fingerprint density at radius 2 is 0.792 bits per heavy atom. The van der Waals surface area contributed by atoms with Gasteiger partial charge in [0.15, 0.2) is 0 Å². The Hall–Kier alpha value is -14.8. The average Bonchev–Trinajstić information content (AvgIpc) is 1.77. The first-order valence-corrected chi connectivity index (χ1v) is 35.7. The number of ketones is 4. The molecule has 0 spiro atoms. The molecular weight excluding hydrogens is 1590 g/mol. The largest absolute Gasteiger partial charge is 1.00 e. The number of Topliss-reactive ketones (excluding diaryl/α,β-unsaturated/α-hetero) is 4. The molecule has 5 aromatic heterocycles. The number of aromatic hydroxyl groups is 4. The number of nitrogens with one attached hydrogen (secondary N) is 8. The smallest absolute Gasteiger partial charge is 0.662 e. The Balaban J connectivity index is 0.000000183. The van der Waals surface area contributed by atoms with Crippen molar-refractivity contribution in [2.75, 3.05) is 68.7 Å². The quantitative estimate of drug-likeness (QED) is 0.00556. The number of benzene rings is 8. The van der Waals surface area contributed by atoms with Gasteiger partial charge in [-0.1, -0.05) is 72.8 Å². The summed E-state index contributed by atoms with van der Waals surface area (Å²) in [6, 6.07) is 43.5. The summed E-state index contributed by atoms with van der Waals surface area (Å²) in [7, 11) is 0. The number of phenols is 4. The van der Waals surface area contributed by atoms with E-state index in [0.29, 0.717) is 94.9 Å². The number of aromatic nitrogens is 7. The molecule has 0 aliphatic carbocycles. The van der Waals surface area contributed by atoms with Crippen LogP contribution in [0.5, 0.6) is 23.0 Å². The molecule has 0 saturated carbocycles. The zero-order chi connectivity index (χ0) is 85.9. The van der Waals surface area contributed by atoms with Gasteiger partial charge in [0.1, 0.15) is 23.0 Å². The number of piperidine rings is 2. The first kappa shape index (κ1) is 89.2. The summed E-state index contributed by atoms with van der Waals surface area (Å²) in [5.74, 6) is -5.74. The van der Waals surface area contributed by atoms with Crippen molar-refractivity contribution >= 4 is 171 Å². The van der Waals surface area contributed by atoms with Gasteiger partial charge in [-0.2, -0.15) is 15.0 Å². The van der Waals surface area contributed by atoms with Gasteiger partial charge in [0, 0.05) is 154 Å². The number of para-hydroxylation sites is 4. The molecule has 42 heteroatoms. The van der Waals surface area contributed by atoms with E-state index in [-0.39, 0.29) is 134 Å². The maximum Gasteiger partial charge on any atom is 1.00 e. The molecule has 40 nitrogen and oxygen atoms in total. The molecule has 13 aromatic rings. The van der Waals surface area contributed by atoms with Crippen molar-refractivity contribution in [2.24, 2.45) is 22.9 Å². The molecule has 2 saturated heterocycles. The number of nitrogens with two attached hydrogens (primary N) is 6. The van der Waals surface area contributed by atoms with Crippen LogP contribution in [-0.2, 0) is 28.9 Å². The Morgan fingerprint density at radius 1 is 0.467 bits per heavy atom. The summed E-state index contributed by atoms with van der Waals surface area (Å²) in [4.78, 5) is 157. The number of hydrogen-bond acceptors (Lipinski definition) is 31. The summed E-state index contributed by atoms with van der Waals surface area (Å²) < 4.78 is 0. The van der Waals surface area contributed by atoms with Gasteiger partial charge in [0.25, 0.3) is 58.2 Å². The molecule has 612 valence electrons. The number of non-ortho nitro benzene ring substituents is 2. The van der Waals surface area contributed by atoms with Gasteiger partial charge in [-0.15, -0.1) is 0 Å². The number of nitrogen functional groups attached to an aromatic ring is 2. The maximum atomic E-state index is 12.9. The van der Waals surface area contributed by atoms with E-state index >= 15 is 0 Å². The Bertz CT molecular complexity index is 5960. The third kappa shape index (κ3) is 22.7. The Labute approximate surface area is 703 Å².